The van der Waals surface area contributed by atoms with Gasteiger partial charge in [0.1, 0.15) is 6.04 Å². The Kier molecular flexibility index (Phi) is 5.46. The molecule has 2 aliphatic heterocycles. The number of hydrogen-bond acceptors (Lipinski definition) is 5. The van der Waals surface area contributed by atoms with E-state index < -0.39 is 6.04 Å². The number of nitrogens with two attached hydrogens (primary N) is 1. The summed E-state index contributed by atoms with van der Waals surface area (Å²) in [7, 11) is 0. The van der Waals surface area contributed by atoms with Crippen molar-refractivity contribution in [2.75, 3.05) is 6.54 Å². The Morgan fingerprint density at radius 1 is 1.18 bits per heavy atom. The molecule has 4 rings (SSSR count). The Balaban J connectivity index is 1.32. The number of carbonyl (C=O) groups is 3. The predicted molar refractivity (Wildman–Crippen MR) is 104 cm³/mol. The van der Waals surface area contributed by atoms with Gasteiger partial charge in [0, 0.05) is 31.1 Å². The van der Waals surface area contributed by atoms with Gasteiger partial charge in [0.25, 0.3) is 5.91 Å². The lowest BCUT2D eigenvalue weighted by Crippen LogP contribution is -2.52. The van der Waals surface area contributed by atoms with Crippen LogP contribution in [0.5, 0.6) is 0 Å². The number of hydrogen-bond donors (Lipinski definition) is 3. The van der Waals surface area contributed by atoms with Crippen LogP contribution in [0.4, 0.5) is 0 Å². The number of amides is 3. The van der Waals surface area contributed by atoms with E-state index in [4.69, 9.17) is 5.73 Å². The maximum atomic E-state index is 12.8. The fourth-order valence-corrected chi connectivity index (χ4v) is 4.63. The zero-order valence-electron chi connectivity index (χ0n) is 16.1. The van der Waals surface area contributed by atoms with Crippen molar-refractivity contribution < 1.29 is 14.4 Å². The number of nitrogens with one attached hydrogen (secondary N) is 2. The van der Waals surface area contributed by atoms with Crippen LogP contribution in [0, 0.1) is 5.92 Å². The van der Waals surface area contributed by atoms with Crippen molar-refractivity contribution in [2.24, 2.45) is 11.7 Å². The molecule has 0 aromatic heterocycles. The third-order valence-corrected chi connectivity index (χ3v) is 6.23. The first-order chi connectivity index (χ1) is 13.5. The minimum atomic E-state index is -0.558. The van der Waals surface area contributed by atoms with Gasteiger partial charge >= 0.3 is 0 Å². The summed E-state index contributed by atoms with van der Waals surface area (Å²) in [6.07, 6.45) is 5.31. The van der Waals surface area contributed by atoms with Crippen molar-refractivity contribution in [1.82, 2.24) is 15.5 Å². The zero-order chi connectivity index (χ0) is 19.7. The van der Waals surface area contributed by atoms with Gasteiger partial charge in [0.05, 0.1) is 0 Å². The van der Waals surface area contributed by atoms with E-state index in [1.807, 2.05) is 18.2 Å². The first kappa shape index (κ1) is 19.1. The largest absolute Gasteiger partial charge is 0.328 e. The lowest BCUT2D eigenvalue weighted by Gasteiger charge is -2.29. The molecule has 7 nitrogen and oxygen atoms in total. The number of imide groups is 1. The number of rotatable bonds is 6. The Morgan fingerprint density at radius 2 is 2.04 bits per heavy atom. The molecule has 0 bridgehead atoms. The molecule has 2 fully saturated rings. The van der Waals surface area contributed by atoms with Crippen LogP contribution in [0.1, 0.15) is 60.0 Å². The van der Waals surface area contributed by atoms with E-state index in [0.29, 0.717) is 24.6 Å². The van der Waals surface area contributed by atoms with E-state index >= 15 is 0 Å². The van der Waals surface area contributed by atoms with Crippen molar-refractivity contribution >= 4 is 17.7 Å². The van der Waals surface area contributed by atoms with E-state index in [2.05, 4.69) is 10.6 Å². The number of benzene rings is 1. The average molecular weight is 384 g/mol. The SMILES string of the molecule is NC1CCC(CCNCc2ccc3c(c2)C(=O)N(C2CCC(=O)NC2=O)C3)C1. The molecule has 28 heavy (non-hydrogen) atoms. The van der Waals surface area contributed by atoms with E-state index in [1.54, 1.807) is 4.90 Å². The van der Waals surface area contributed by atoms with Gasteiger partial charge in [-0.3, -0.25) is 19.7 Å². The average Bonchev–Trinajstić information content (AvgIpc) is 3.22. The summed E-state index contributed by atoms with van der Waals surface area (Å²) >= 11 is 0. The lowest BCUT2D eigenvalue weighted by atomic mass is 10.0. The summed E-state index contributed by atoms with van der Waals surface area (Å²) in [5, 5.41) is 5.80. The van der Waals surface area contributed by atoms with Crippen molar-refractivity contribution in [3.63, 3.8) is 0 Å². The molecule has 3 amide bonds. The van der Waals surface area contributed by atoms with Crippen molar-refractivity contribution in [3.8, 4) is 0 Å². The second-order valence-corrected chi connectivity index (χ2v) is 8.30. The summed E-state index contributed by atoms with van der Waals surface area (Å²) in [6.45, 7) is 2.10. The highest BCUT2D eigenvalue weighted by Crippen LogP contribution is 2.28. The predicted octanol–water partition coefficient (Wildman–Crippen LogP) is 1.05. The van der Waals surface area contributed by atoms with Crippen LogP contribution in [0.15, 0.2) is 18.2 Å². The van der Waals surface area contributed by atoms with Gasteiger partial charge < -0.3 is 16.0 Å². The van der Waals surface area contributed by atoms with Crippen LogP contribution >= 0.6 is 0 Å². The Hall–Kier alpha value is -2.25. The molecular formula is C21H28N4O3. The normalized spacial score (nSPS) is 27.2. The van der Waals surface area contributed by atoms with Crippen molar-refractivity contribution in [3.05, 3.63) is 34.9 Å². The van der Waals surface area contributed by atoms with Crippen LogP contribution in [-0.2, 0) is 22.7 Å². The van der Waals surface area contributed by atoms with Gasteiger partial charge in [-0.2, -0.15) is 0 Å². The highest BCUT2D eigenvalue weighted by Gasteiger charge is 2.39. The smallest absolute Gasteiger partial charge is 0.255 e. The molecule has 3 aliphatic rings. The van der Waals surface area contributed by atoms with Gasteiger partial charge in [-0.1, -0.05) is 12.1 Å². The summed E-state index contributed by atoms with van der Waals surface area (Å²) in [5.41, 5.74) is 8.65. The molecule has 4 N–H and O–H groups in total. The Bertz CT molecular complexity index is 794. The second-order valence-electron chi connectivity index (χ2n) is 8.30. The number of piperidine rings is 1. The molecule has 0 spiro atoms. The van der Waals surface area contributed by atoms with Crippen LogP contribution in [0.3, 0.4) is 0 Å². The number of nitrogens with zero attached hydrogens (tertiary/aromatic N) is 1. The first-order valence-corrected chi connectivity index (χ1v) is 10.2. The molecule has 1 aromatic rings. The summed E-state index contributed by atoms with van der Waals surface area (Å²) in [4.78, 5) is 37.9. The molecule has 3 unspecified atom stereocenters. The van der Waals surface area contributed by atoms with E-state index in [-0.39, 0.29) is 24.1 Å². The first-order valence-electron chi connectivity index (χ1n) is 10.2. The Labute approximate surface area is 165 Å². The zero-order valence-corrected chi connectivity index (χ0v) is 16.1. The summed E-state index contributed by atoms with van der Waals surface area (Å²) < 4.78 is 0. The Morgan fingerprint density at radius 3 is 2.79 bits per heavy atom. The standard InChI is InChI=1S/C21H28N4O3/c22-16-4-2-13(9-16)7-8-23-11-14-1-3-15-12-25(21(28)17(15)10-14)18-5-6-19(26)24-20(18)27/h1,3,10,13,16,18,23H,2,4-9,11-12,22H2,(H,24,26,27). The van der Waals surface area contributed by atoms with Crippen LogP contribution in [0.2, 0.25) is 0 Å². The third kappa shape index (κ3) is 3.95. The molecule has 1 saturated heterocycles. The summed E-state index contributed by atoms with van der Waals surface area (Å²) in [6, 6.07) is 5.77. The van der Waals surface area contributed by atoms with E-state index in [9.17, 15) is 14.4 Å². The fraction of sp³-hybridized carbons (Fsp3) is 0.571. The van der Waals surface area contributed by atoms with Crippen LogP contribution in [-0.4, -0.2) is 41.2 Å². The highest BCUT2D eigenvalue weighted by molar-refractivity contribution is 6.05. The highest BCUT2D eigenvalue weighted by atomic mass is 16.2. The van der Waals surface area contributed by atoms with E-state index in [1.165, 1.54) is 6.42 Å². The second kappa shape index (κ2) is 8.01. The molecule has 2 heterocycles. The molecule has 7 heteroatoms. The summed E-state index contributed by atoms with van der Waals surface area (Å²) in [5.74, 6) is -0.0262. The molecule has 3 atom stereocenters. The molecule has 150 valence electrons. The lowest BCUT2D eigenvalue weighted by molar-refractivity contribution is -0.136. The maximum absolute atomic E-state index is 12.8. The molecule has 1 aromatic carbocycles. The van der Waals surface area contributed by atoms with E-state index in [0.717, 1.165) is 49.4 Å². The minimum Gasteiger partial charge on any atom is -0.328 e. The van der Waals surface area contributed by atoms with Gasteiger partial charge in [-0.25, -0.2) is 0 Å². The van der Waals surface area contributed by atoms with Gasteiger partial charge in [-0.15, -0.1) is 0 Å². The molecule has 1 aliphatic carbocycles. The van der Waals surface area contributed by atoms with Crippen LogP contribution in [0.25, 0.3) is 0 Å². The maximum Gasteiger partial charge on any atom is 0.255 e. The minimum absolute atomic E-state index is 0.119. The number of carbonyl (C=O) groups excluding carboxylic acids is 3. The van der Waals surface area contributed by atoms with Crippen molar-refractivity contribution in [2.45, 2.75) is 63.7 Å². The number of fused-ring (bicyclic) bond motifs is 1. The quantitative estimate of drug-likeness (QED) is 0.502. The van der Waals surface area contributed by atoms with Crippen LogP contribution < -0.4 is 16.4 Å². The molecular weight excluding hydrogens is 356 g/mol. The monoisotopic (exact) mass is 384 g/mol. The molecule has 0 radical (unpaired) electrons. The van der Waals surface area contributed by atoms with Crippen molar-refractivity contribution in [1.29, 1.82) is 0 Å². The molecule has 1 saturated carbocycles. The van der Waals surface area contributed by atoms with Gasteiger partial charge in [-0.05, 0) is 61.8 Å². The fourth-order valence-electron chi connectivity index (χ4n) is 4.63. The topological polar surface area (TPSA) is 105 Å². The third-order valence-electron chi connectivity index (χ3n) is 6.23. The van der Waals surface area contributed by atoms with Gasteiger partial charge in [0.15, 0.2) is 0 Å². The van der Waals surface area contributed by atoms with Gasteiger partial charge in [0.2, 0.25) is 11.8 Å².